The average Bonchev–Trinajstić information content (AvgIpc) is 2.77. The van der Waals surface area contributed by atoms with Gasteiger partial charge in [0.25, 0.3) is 5.56 Å². The fourth-order valence-corrected chi connectivity index (χ4v) is 2.42. The van der Waals surface area contributed by atoms with E-state index in [1.165, 1.54) is 6.92 Å². The molecule has 23 heavy (non-hydrogen) atoms. The molecule has 116 valence electrons. The van der Waals surface area contributed by atoms with E-state index in [0.717, 1.165) is 5.56 Å². The largest absolute Gasteiger partial charge is 0.422 e. The van der Waals surface area contributed by atoms with Gasteiger partial charge in [-0.05, 0) is 36.8 Å². The van der Waals surface area contributed by atoms with Crippen molar-refractivity contribution in [3.8, 4) is 0 Å². The first-order chi connectivity index (χ1) is 10.9. The summed E-state index contributed by atoms with van der Waals surface area (Å²) in [6, 6.07) is 8.76. The second-order valence-electron chi connectivity index (χ2n) is 5.27. The number of rotatable bonds is 2. The summed E-state index contributed by atoms with van der Waals surface area (Å²) in [7, 11) is 0. The number of cyclic esters (lactones) is 1. The van der Waals surface area contributed by atoms with Crippen molar-refractivity contribution in [2.24, 2.45) is 0 Å². The molecule has 1 aromatic carbocycles. The van der Waals surface area contributed by atoms with Crippen molar-refractivity contribution in [1.82, 2.24) is 4.98 Å². The van der Waals surface area contributed by atoms with Crippen molar-refractivity contribution < 1.29 is 14.3 Å². The van der Waals surface area contributed by atoms with E-state index in [0.29, 0.717) is 22.7 Å². The molecule has 0 fully saturated rings. The van der Waals surface area contributed by atoms with Crippen LogP contribution in [0.5, 0.6) is 0 Å². The Kier molecular flexibility index (Phi) is 3.57. The SMILES string of the molecule is CC(=O)Nc1ccc(/C=C2/OC(=O)c3c2cc(C)[nH]c3=O)cc1. The number of hydrogen-bond acceptors (Lipinski definition) is 4. The summed E-state index contributed by atoms with van der Waals surface area (Å²) in [4.78, 5) is 37.3. The maximum atomic E-state index is 11.9. The molecule has 1 aliphatic rings. The average molecular weight is 310 g/mol. The van der Waals surface area contributed by atoms with Crippen LogP contribution >= 0.6 is 0 Å². The molecule has 2 N–H and O–H groups in total. The highest BCUT2D eigenvalue weighted by Gasteiger charge is 2.29. The first-order valence-corrected chi connectivity index (χ1v) is 7.00. The van der Waals surface area contributed by atoms with E-state index in [-0.39, 0.29) is 11.5 Å². The van der Waals surface area contributed by atoms with E-state index in [1.54, 1.807) is 43.3 Å². The van der Waals surface area contributed by atoms with Crippen LogP contribution in [0.1, 0.15) is 34.1 Å². The van der Waals surface area contributed by atoms with Crippen LogP contribution in [0.2, 0.25) is 0 Å². The molecular formula is C17H14N2O4. The number of benzene rings is 1. The van der Waals surface area contributed by atoms with Gasteiger partial charge in [-0.3, -0.25) is 9.59 Å². The minimum absolute atomic E-state index is 0.0247. The first-order valence-electron chi connectivity index (χ1n) is 7.00. The van der Waals surface area contributed by atoms with E-state index in [1.807, 2.05) is 0 Å². The van der Waals surface area contributed by atoms with Crippen molar-refractivity contribution in [3.05, 3.63) is 63.1 Å². The molecule has 0 aliphatic carbocycles. The second kappa shape index (κ2) is 5.57. The zero-order valence-corrected chi connectivity index (χ0v) is 12.6. The molecule has 0 saturated heterocycles. The summed E-state index contributed by atoms with van der Waals surface area (Å²) in [5.41, 5.74) is 2.18. The second-order valence-corrected chi connectivity index (χ2v) is 5.27. The Balaban J connectivity index is 1.98. The van der Waals surface area contributed by atoms with E-state index >= 15 is 0 Å². The summed E-state index contributed by atoms with van der Waals surface area (Å²) in [6.07, 6.45) is 1.68. The molecule has 2 heterocycles. The van der Waals surface area contributed by atoms with Gasteiger partial charge in [-0.15, -0.1) is 0 Å². The smallest absolute Gasteiger partial charge is 0.349 e. The Labute approximate surface area is 131 Å². The zero-order chi connectivity index (χ0) is 16.6. The number of hydrogen-bond donors (Lipinski definition) is 2. The lowest BCUT2D eigenvalue weighted by Crippen LogP contribution is -2.16. The Morgan fingerprint density at radius 2 is 1.91 bits per heavy atom. The Morgan fingerprint density at radius 3 is 2.57 bits per heavy atom. The molecule has 1 aliphatic heterocycles. The topological polar surface area (TPSA) is 88.3 Å². The van der Waals surface area contributed by atoms with Gasteiger partial charge >= 0.3 is 5.97 Å². The lowest BCUT2D eigenvalue weighted by molar-refractivity contribution is -0.114. The zero-order valence-electron chi connectivity index (χ0n) is 12.6. The first kappa shape index (κ1) is 14.8. The Morgan fingerprint density at radius 1 is 1.22 bits per heavy atom. The van der Waals surface area contributed by atoms with Crippen molar-refractivity contribution in [2.75, 3.05) is 5.32 Å². The monoisotopic (exact) mass is 310 g/mol. The van der Waals surface area contributed by atoms with Crippen LogP contribution in [0.25, 0.3) is 11.8 Å². The van der Waals surface area contributed by atoms with Crippen LogP contribution < -0.4 is 10.9 Å². The number of aryl methyl sites for hydroxylation is 1. The quantitative estimate of drug-likeness (QED) is 0.833. The molecule has 1 amide bonds. The molecule has 6 nitrogen and oxygen atoms in total. The standard InChI is InChI=1S/C17H14N2O4/c1-9-7-13-14(23-17(22)15(13)16(21)18-9)8-11-3-5-12(6-4-11)19-10(2)20/h3-8H,1-2H3,(H,18,21)(H,19,20)/b14-8+. The van der Waals surface area contributed by atoms with E-state index in [4.69, 9.17) is 4.74 Å². The number of amides is 1. The van der Waals surface area contributed by atoms with Crippen LogP contribution in [-0.4, -0.2) is 16.9 Å². The number of ether oxygens (including phenoxy) is 1. The van der Waals surface area contributed by atoms with Gasteiger partial charge in [0.2, 0.25) is 5.91 Å². The predicted octanol–water partition coefficient (Wildman–Crippen LogP) is 2.31. The van der Waals surface area contributed by atoms with Gasteiger partial charge in [0.1, 0.15) is 11.3 Å². The maximum Gasteiger partial charge on any atom is 0.349 e. The van der Waals surface area contributed by atoms with Crippen molar-refractivity contribution in [3.63, 3.8) is 0 Å². The third kappa shape index (κ3) is 2.91. The van der Waals surface area contributed by atoms with Crippen molar-refractivity contribution >= 4 is 29.4 Å². The third-order valence-electron chi connectivity index (χ3n) is 3.37. The molecular weight excluding hydrogens is 296 g/mol. The van der Waals surface area contributed by atoms with Crippen LogP contribution in [0, 0.1) is 6.92 Å². The number of anilines is 1. The van der Waals surface area contributed by atoms with E-state index in [9.17, 15) is 14.4 Å². The van der Waals surface area contributed by atoms with Gasteiger partial charge < -0.3 is 15.0 Å². The number of pyridine rings is 1. The highest BCUT2D eigenvalue weighted by molar-refractivity contribution is 6.05. The van der Waals surface area contributed by atoms with Crippen LogP contribution in [0.4, 0.5) is 5.69 Å². The number of carbonyl (C=O) groups excluding carboxylic acids is 2. The molecule has 6 heteroatoms. The Hall–Kier alpha value is -3.15. The van der Waals surface area contributed by atoms with Crippen LogP contribution in [0.3, 0.4) is 0 Å². The molecule has 0 atom stereocenters. The highest BCUT2D eigenvalue weighted by atomic mass is 16.5. The minimum atomic E-state index is -0.651. The van der Waals surface area contributed by atoms with Gasteiger partial charge in [0.15, 0.2) is 0 Å². The number of esters is 1. The summed E-state index contributed by atoms with van der Waals surface area (Å²) in [6.45, 7) is 3.18. The van der Waals surface area contributed by atoms with Crippen LogP contribution in [-0.2, 0) is 9.53 Å². The molecule has 0 bridgehead atoms. The number of aromatic amines is 1. The number of H-pyrrole nitrogens is 1. The lowest BCUT2D eigenvalue weighted by Gasteiger charge is -2.03. The van der Waals surface area contributed by atoms with Gasteiger partial charge in [0.05, 0.1) is 0 Å². The van der Waals surface area contributed by atoms with Crippen molar-refractivity contribution in [1.29, 1.82) is 0 Å². The highest BCUT2D eigenvalue weighted by Crippen LogP contribution is 2.29. The molecule has 1 aromatic heterocycles. The van der Waals surface area contributed by atoms with Crippen LogP contribution in [0.15, 0.2) is 35.1 Å². The Bertz CT molecular complexity index is 892. The van der Waals surface area contributed by atoms with Gasteiger partial charge in [0, 0.05) is 23.9 Å². The molecule has 3 rings (SSSR count). The number of aromatic nitrogens is 1. The molecule has 0 spiro atoms. The summed E-state index contributed by atoms with van der Waals surface area (Å²) in [5.74, 6) is -0.460. The molecule has 2 aromatic rings. The van der Waals surface area contributed by atoms with E-state index in [2.05, 4.69) is 10.3 Å². The number of carbonyl (C=O) groups is 2. The number of nitrogens with one attached hydrogen (secondary N) is 2. The normalized spacial score (nSPS) is 14.5. The molecule has 0 unspecified atom stereocenters. The molecule has 0 saturated carbocycles. The fraction of sp³-hybridized carbons (Fsp3) is 0.118. The van der Waals surface area contributed by atoms with Gasteiger partial charge in [-0.2, -0.15) is 0 Å². The molecule has 0 radical (unpaired) electrons. The summed E-state index contributed by atoms with van der Waals surface area (Å²) < 4.78 is 5.20. The fourth-order valence-electron chi connectivity index (χ4n) is 2.42. The predicted molar refractivity (Wildman–Crippen MR) is 85.8 cm³/mol. The maximum absolute atomic E-state index is 11.9. The minimum Gasteiger partial charge on any atom is -0.422 e. The summed E-state index contributed by atoms with van der Waals surface area (Å²) >= 11 is 0. The van der Waals surface area contributed by atoms with Gasteiger partial charge in [-0.1, -0.05) is 12.1 Å². The van der Waals surface area contributed by atoms with Gasteiger partial charge in [-0.25, -0.2) is 4.79 Å². The summed E-state index contributed by atoms with van der Waals surface area (Å²) in [5, 5.41) is 2.67. The van der Waals surface area contributed by atoms with Crippen molar-refractivity contribution in [2.45, 2.75) is 13.8 Å². The third-order valence-corrected chi connectivity index (χ3v) is 3.37. The lowest BCUT2D eigenvalue weighted by atomic mass is 10.1. The number of fused-ring (bicyclic) bond motifs is 1. The van der Waals surface area contributed by atoms with E-state index < -0.39 is 11.5 Å².